The summed E-state index contributed by atoms with van der Waals surface area (Å²) < 4.78 is 25.4. The molecule has 4 heteroatoms. The molecule has 14 heavy (non-hydrogen) atoms. The zero-order chi connectivity index (χ0) is 10.8. The molecule has 0 fully saturated rings. The third-order valence-electron chi connectivity index (χ3n) is 2.17. The van der Waals surface area contributed by atoms with Crippen molar-refractivity contribution in [2.45, 2.75) is 18.9 Å². The minimum Gasteiger partial charge on any atom is -0.385 e. The predicted molar refractivity (Wildman–Crippen MR) is 49.6 cm³/mol. The number of aliphatic hydroxyl groups is 1. The largest absolute Gasteiger partial charge is 0.385 e. The van der Waals surface area contributed by atoms with E-state index in [1.165, 1.54) is 13.0 Å². The van der Waals surface area contributed by atoms with Crippen LogP contribution >= 0.6 is 0 Å². The lowest BCUT2D eigenvalue weighted by Crippen LogP contribution is -2.25. The van der Waals surface area contributed by atoms with Gasteiger partial charge < -0.3 is 10.8 Å². The normalized spacial score (nSPS) is 15.2. The zero-order valence-electron chi connectivity index (χ0n) is 7.93. The van der Waals surface area contributed by atoms with Crippen LogP contribution in [0.25, 0.3) is 0 Å². The van der Waals surface area contributed by atoms with Crippen LogP contribution < -0.4 is 5.73 Å². The van der Waals surface area contributed by atoms with Gasteiger partial charge in [-0.05, 0) is 37.6 Å². The van der Waals surface area contributed by atoms with Crippen molar-refractivity contribution in [2.75, 3.05) is 6.54 Å². The van der Waals surface area contributed by atoms with E-state index in [-0.39, 0.29) is 6.54 Å². The van der Waals surface area contributed by atoms with Crippen LogP contribution in [0.1, 0.15) is 18.9 Å². The van der Waals surface area contributed by atoms with Crippen molar-refractivity contribution in [3.63, 3.8) is 0 Å². The molecule has 1 atom stereocenters. The molecule has 0 amide bonds. The summed E-state index contributed by atoms with van der Waals surface area (Å²) in [5, 5.41) is 9.83. The maximum atomic E-state index is 12.8. The second-order valence-electron chi connectivity index (χ2n) is 3.44. The van der Waals surface area contributed by atoms with E-state index in [0.29, 0.717) is 12.0 Å². The van der Waals surface area contributed by atoms with Gasteiger partial charge in [0.2, 0.25) is 0 Å². The van der Waals surface area contributed by atoms with Crippen molar-refractivity contribution in [1.82, 2.24) is 0 Å². The van der Waals surface area contributed by atoms with E-state index in [4.69, 9.17) is 5.73 Å². The Bertz CT molecular complexity index is 326. The summed E-state index contributed by atoms with van der Waals surface area (Å²) in [5.74, 6) is -1.88. The van der Waals surface area contributed by atoms with Gasteiger partial charge in [0.25, 0.3) is 0 Å². The maximum absolute atomic E-state index is 12.8. The molecule has 1 unspecified atom stereocenters. The molecule has 0 aromatic heterocycles. The summed E-state index contributed by atoms with van der Waals surface area (Å²) in [4.78, 5) is 0. The number of hydrogen-bond acceptors (Lipinski definition) is 2. The van der Waals surface area contributed by atoms with E-state index in [9.17, 15) is 13.9 Å². The van der Waals surface area contributed by atoms with Crippen LogP contribution in [0.5, 0.6) is 0 Å². The first-order valence-electron chi connectivity index (χ1n) is 4.35. The highest BCUT2D eigenvalue weighted by Crippen LogP contribution is 2.24. The zero-order valence-corrected chi connectivity index (χ0v) is 7.93. The second-order valence-corrected chi connectivity index (χ2v) is 3.44. The summed E-state index contributed by atoms with van der Waals surface area (Å²) in [6.45, 7) is 1.80. The molecule has 1 rings (SSSR count). The van der Waals surface area contributed by atoms with Crippen LogP contribution in [-0.2, 0) is 5.60 Å². The Kier molecular flexibility index (Phi) is 3.18. The Morgan fingerprint density at radius 2 is 2.00 bits per heavy atom. The van der Waals surface area contributed by atoms with E-state index >= 15 is 0 Å². The molecule has 1 aromatic carbocycles. The Balaban J connectivity index is 3.01. The van der Waals surface area contributed by atoms with Crippen LogP contribution in [0.15, 0.2) is 18.2 Å². The quantitative estimate of drug-likeness (QED) is 0.778. The first kappa shape index (κ1) is 11.1. The van der Waals surface area contributed by atoms with Crippen molar-refractivity contribution >= 4 is 0 Å². The van der Waals surface area contributed by atoms with Crippen LogP contribution in [0, 0.1) is 11.6 Å². The SMILES string of the molecule is CC(O)(CCN)c1ccc(F)c(F)c1. The van der Waals surface area contributed by atoms with Crippen molar-refractivity contribution < 1.29 is 13.9 Å². The van der Waals surface area contributed by atoms with Crippen molar-refractivity contribution in [1.29, 1.82) is 0 Å². The van der Waals surface area contributed by atoms with Crippen molar-refractivity contribution in [3.8, 4) is 0 Å². The number of benzene rings is 1. The molecule has 0 bridgehead atoms. The first-order chi connectivity index (χ1) is 6.47. The average Bonchev–Trinajstić information content (AvgIpc) is 2.09. The minimum absolute atomic E-state index is 0.284. The summed E-state index contributed by atoms with van der Waals surface area (Å²) in [7, 11) is 0. The Morgan fingerprint density at radius 3 is 2.50 bits per heavy atom. The summed E-state index contributed by atoms with van der Waals surface area (Å²) in [5.41, 5.74) is 4.42. The molecule has 1 aromatic rings. The molecule has 0 aliphatic rings. The van der Waals surface area contributed by atoms with Gasteiger partial charge in [-0.15, -0.1) is 0 Å². The number of hydrogen-bond donors (Lipinski definition) is 2. The monoisotopic (exact) mass is 201 g/mol. The standard InChI is InChI=1S/C10H13F2NO/c1-10(14,4-5-13)7-2-3-8(11)9(12)6-7/h2-3,6,14H,4-5,13H2,1H3. The van der Waals surface area contributed by atoms with Gasteiger partial charge in [-0.3, -0.25) is 0 Å². The molecular weight excluding hydrogens is 188 g/mol. The van der Waals surface area contributed by atoms with Crippen LogP contribution in [0.3, 0.4) is 0 Å². The van der Waals surface area contributed by atoms with Gasteiger partial charge in [0.1, 0.15) is 0 Å². The number of nitrogens with two attached hydrogens (primary N) is 1. The van der Waals surface area contributed by atoms with Gasteiger partial charge >= 0.3 is 0 Å². The van der Waals surface area contributed by atoms with Gasteiger partial charge in [0, 0.05) is 0 Å². The van der Waals surface area contributed by atoms with Crippen LogP contribution in [0.4, 0.5) is 8.78 Å². The van der Waals surface area contributed by atoms with E-state index in [1.807, 2.05) is 0 Å². The van der Waals surface area contributed by atoms with Gasteiger partial charge in [0.15, 0.2) is 11.6 Å². The van der Waals surface area contributed by atoms with E-state index < -0.39 is 17.2 Å². The molecule has 78 valence electrons. The highest BCUT2D eigenvalue weighted by Gasteiger charge is 2.22. The highest BCUT2D eigenvalue weighted by atomic mass is 19.2. The third-order valence-corrected chi connectivity index (χ3v) is 2.17. The molecule has 0 heterocycles. The highest BCUT2D eigenvalue weighted by molar-refractivity contribution is 5.23. The minimum atomic E-state index is -1.21. The third kappa shape index (κ3) is 2.27. The average molecular weight is 201 g/mol. The summed E-state index contributed by atoms with van der Waals surface area (Å²) >= 11 is 0. The fourth-order valence-corrected chi connectivity index (χ4v) is 1.26. The first-order valence-corrected chi connectivity index (χ1v) is 4.35. The maximum Gasteiger partial charge on any atom is 0.159 e. The summed E-state index contributed by atoms with van der Waals surface area (Å²) in [6.07, 6.45) is 0.304. The lowest BCUT2D eigenvalue weighted by Gasteiger charge is -2.23. The van der Waals surface area contributed by atoms with E-state index in [0.717, 1.165) is 12.1 Å². The topological polar surface area (TPSA) is 46.2 Å². The smallest absolute Gasteiger partial charge is 0.159 e. The Labute approximate surface area is 81.4 Å². The molecule has 2 nitrogen and oxygen atoms in total. The summed E-state index contributed by atoms with van der Waals surface area (Å²) in [6, 6.07) is 3.34. The van der Waals surface area contributed by atoms with Crippen molar-refractivity contribution in [3.05, 3.63) is 35.4 Å². The predicted octanol–water partition coefficient (Wildman–Crippen LogP) is 1.52. The van der Waals surface area contributed by atoms with Crippen LogP contribution in [0.2, 0.25) is 0 Å². The number of rotatable bonds is 3. The molecular formula is C10H13F2NO. The van der Waals surface area contributed by atoms with E-state index in [1.54, 1.807) is 0 Å². The van der Waals surface area contributed by atoms with E-state index in [2.05, 4.69) is 0 Å². The Morgan fingerprint density at radius 1 is 1.36 bits per heavy atom. The molecule has 0 spiro atoms. The van der Waals surface area contributed by atoms with Gasteiger partial charge in [0.05, 0.1) is 5.60 Å². The van der Waals surface area contributed by atoms with Gasteiger partial charge in [-0.25, -0.2) is 8.78 Å². The van der Waals surface area contributed by atoms with Gasteiger partial charge in [-0.2, -0.15) is 0 Å². The lowest BCUT2D eigenvalue weighted by atomic mass is 9.92. The fourth-order valence-electron chi connectivity index (χ4n) is 1.26. The van der Waals surface area contributed by atoms with Crippen molar-refractivity contribution in [2.24, 2.45) is 5.73 Å². The molecule has 3 N–H and O–H groups in total. The Hall–Kier alpha value is -1.00. The van der Waals surface area contributed by atoms with Crippen LogP contribution in [-0.4, -0.2) is 11.7 Å². The molecule has 0 aliphatic carbocycles. The molecule has 0 saturated carbocycles. The fraction of sp³-hybridized carbons (Fsp3) is 0.400. The molecule has 0 saturated heterocycles. The van der Waals surface area contributed by atoms with Gasteiger partial charge in [-0.1, -0.05) is 6.07 Å². The lowest BCUT2D eigenvalue weighted by molar-refractivity contribution is 0.0500. The molecule has 0 radical (unpaired) electrons. The number of halogens is 2. The second kappa shape index (κ2) is 4.02. The molecule has 0 aliphatic heterocycles.